The second kappa shape index (κ2) is 8.45. The minimum atomic E-state index is -0.0754. The summed E-state index contributed by atoms with van der Waals surface area (Å²) in [5.41, 5.74) is 5.13. The van der Waals surface area contributed by atoms with E-state index >= 15 is 0 Å². The Morgan fingerprint density at radius 2 is 1.50 bits per heavy atom. The van der Waals surface area contributed by atoms with Crippen molar-refractivity contribution in [2.45, 2.75) is 19.6 Å². The van der Waals surface area contributed by atoms with Crippen molar-refractivity contribution in [2.75, 3.05) is 7.11 Å². The highest BCUT2D eigenvalue weighted by molar-refractivity contribution is 5.94. The Balaban J connectivity index is 1.65. The van der Waals surface area contributed by atoms with E-state index < -0.39 is 0 Å². The Labute approximate surface area is 154 Å². The number of rotatable bonds is 6. The van der Waals surface area contributed by atoms with Crippen molar-refractivity contribution >= 4 is 5.91 Å². The van der Waals surface area contributed by atoms with Crippen molar-refractivity contribution in [3.63, 3.8) is 0 Å². The molecule has 3 aromatic carbocycles. The maximum atomic E-state index is 12.4. The molecule has 0 aliphatic heterocycles. The van der Waals surface area contributed by atoms with Crippen molar-refractivity contribution in [1.29, 1.82) is 0 Å². The number of carbonyl (C=O) groups excluding carboxylic acids is 1. The van der Waals surface area contributed by atoms with Crippen LogP contribution in [0, 0.1) is 0 Å². The van der Waals surface area contributed by atoms with Crippen molar-refractivity contribution < 1.29 is 9.53 Å². The number of hydrogen-bond donors (Lipinski definition) is 1. The summed E-state index contributed by atoms with van der Waals surface area (Å²) in [7, 11) is 1.66. The average Bonchev–Trinajstić information content (AvgIpc) is 2.69. The third kappa shape index (κ3) is 4.38. The van der Waals surface area contributed by atoms with E-state index in [1.807, 2.05) is 49.4 Å². The van der Waals surface area contributed by atoms with E-state index in [-0.39, 0.29) is 11.9 Å². The van der Waals surface area contributed by atoms with Gasteiger partial charge in [0.2, 0.25) is 0 Å². The van der Waals surface area contributed by atoms with Gasteiger partial charge in [0.25, 0.3) is 5.91 Å². The first-order valence-electron chi connectivity index (χ1n) is 8.71. The fourth-order valence-corrected chi connectivity index (χ4v) is 2.88. The van der Waals surface area contributed by atoms with E-state index in [0.29, 0.717) is 12.2 Å². The van der Waals surface area contributed by atoms with Gasteiger partial charge >= 0.3 is 0 Å². The molecule has 0 saturated heterocycles. The lowest BCUT2D eigenvalue weighted by atomic mass is 10.0. The Bertz CT molecular complexity index is 840. The molecule has 0 bridgehead atoms. The van der Waals surface area contributed by atoms with Crippen LogP contribution in [0.2, 0.25) is 0 Å². The molecule has 0 aliphatic rings. The highest BCUT2D eigenvalue weighted by Crippen LogP contribution is 2.22. The van der Waals surface area contributed by atoms with E-state index in [9.17, 15) is 4.79 Å². The van der Waals surface area contributed by atoms with E-state index in [4.69, 9.17) is 4.74 Å². The van der Waals surface area contributed by atoms with E-state index in [2.05, 4.69) is 41.7 Å². The summed E-state index contributed by atoms with van der Waals surface area (Å²) >= 11 is 0. The van der Waals surface area contributed by atoms with Gasteiger partial charge in [0, 0.05) is 12.7 Å². The molecule has 1 N–H and O–H groups in total. The predicted molar refractivity (Wildman–Crippen MR) is 105 cm³/mol. The lowest BCUT2D eigenvalue weighted by molar-refractivity contribution is 0.0940. The summed E-state index contributed by atoms with van der Waals surface area (Å²) in [4.78, 5) is 12.4. The zero-order valence-electron chi connectivity index (χ0n) is 15.1. The third-order valence-corrected chi connectivity index (χ3v) is 4.39. The Morgan fingerprint density at radius 1 is 0.885 bits per heavy atom. The summed E-state index contributed by atoms with van der Waals surface area (Å²) in [6, 6.07) is 26.0. The SMILES string of the molecule is COCc1ccc(C(=O)N[C@H](C)c2ccc(-c3ccccc3)cc2)cc1. The molecule has 0 unspecified atom stereocenters. The maximum Gasteiger partial charge on any atom is 0.251 e. The van der Waals surface area contributed by atoms with Crippen LogP contribution < -0.4 is 5.32 Å². The number of nitrogens with one attached hydrogen (secondary N) is 1. The normalized spacial score (nSPS) is 11.8. The second-order valence-electron chi connectivity index (χ2n) is 6.31. The molecular weight excluding hydrogens is 322 g/mol. The van der Waals surface area contributed by atoms with Crippen molar-refractivity contribution in [3.05, 3.63) is 95.6 Å². The van der Waals surface area contributed by atoms with Gasteiger partial charge < -0.3 is 10.1 Å². The number of methoxy groups -OCH3 is 1. The zero-order chi connectivity index (χ0) is 18.4. The fourth-order valence-electron chi connectivity index (χ4n) is 2.88. The van der Waals surface area contributed by atoms with Crippen molar-refractivity contribution in [2.24, 2.45) is 0 Å². The molecule has 1 amide bonds. The molecule has 3 aromatic rings. The molecule has 3 heteroatoms. The minimum absolute atomic E-state index is 0.0639. The standard InChI is InChI=1S/C23H23NO2/c1-17(24-23(25)22-10-8-18(9-11-22)16-26-2)19-12-14-21(15-13-19)20-6-4-3-5-7-20/h3-15,17H,16H2,1-2H3,(H,24,25)/t17-/m1/s1. The molecule has 3 nitrogen and oxygen atoms in total. The molecule has 0 saturated carbocycles. The molecule has 1 atom stereocenters. The number of hydrogen-bond acceptors (Lipinski definition) is 2. The number of carbonyl (C=O) groups is 1. The van der Waals surface area contributed by atoms with E-state index in [1.54, 1.807) is 7.11 Å². The highest BCUT2D eigenvalue weighted by atomic mass is 16.5. The largest absolute Gasteiger partial charge is 0.380 e. The van der Waals surface area contributed by atoms with Gasteiger partial charge in [0.1, 0.15) is 0 Å². The van der Waals surface area contributed by atoms with Crippen molar-refractivity contribution in [1.82, 2.24) is 5.32 Å². The predicted octanol–water partition coefficient (Wildman–Crippen LogP) is 4.99. The van der Waals surface area contributed by atoms with Crippen LogP contribution in [-0.2, 0) is 11.3 Å². The molecule has 0 radical (unpaired) electrons. The second-order valence-corrected chi connectivity index (χ2v) is 6.31. The highest BCUT2D eigenvalue weighted by Gasteiger charge is 2.11. The average molecular weight is 345 g/mol. The Morgan fingerprint density at radius 3 is 2.12 bits per heavy atom. The van der Waals surface area contributed by atoms with Crippen LogP contribution in [0.15, 0.2) is 78.9 Å². The fraction of sp³-hybridized carbons (Fsp3) is 0.174. The summed E-state index contributed by atoms with van der Waals surface area (Å²) in [6.07, 6.45) is 0. The molecule has 0 spiro atoms. The van der Waals surface area contributed by atoms with E-state index in [1.165, 1.54) is 11.1 Å². The molecule has 132 valence electrons. The van der Waals surface area contributed by atoms with Crippen LogP contribution >= 0.6 is 0 Å². The van der Waals surface area contributed by atoms with E-state index in [0.717, 1.165) is 11.1 Å². The molecular formula is C23H23NO2. The first-order chi connectivity index (χ1) is 12.7. The van der Waals surface area contributed by atoms with Crippen LogP contribution in [0.3, 0.4) is 0 Å². The molecule has 26 heavy (non-hydrogen) atoms. The Kier molecular flexibility index (Phi) is 5.82. The van der Waals surface area contributed by atoms with Gasteiger partial charge in [-0.25, -0.2) is 0 Å². The third-order valence-electron chi connectivity index (χ3n) is 4.39. The lowest BCUT2D eigenvalue weighted by Gasteiger charge is -2.15. The van der Waals surface area contributed by atoms with Crippen LogP contribution in [0.4, 0.5) is 0 Å². The number of amides is 1. The molecule has 3 rings (SSSR count). The van der Waals surface area contributed by atoms with Gasteiger partial charge in [-0.1, -0.05) is 66.7 Å². The molecule has 0 aromatic heterocycles. The van der Waals surface area contributed by atoms with Gasteiger partial charge in [-0.05, 0) is 41.3 Å². The quantitative estimate of drug-likeness (QED) is 0.683. The Hall–Kier alpha value is -2.91. The van der Waals surface area contributed by atoms with Gasteiger partial charge in [-0.3, -0.25) is 4.79 Å². The zero-order valence-corrected chi connectivity index (χ0v) is 15.1. The van der Waals surface area contributed by atoms with Crippen LogP contribution in [0.1, 0.15) is 34.5 Å². The smallest absolute Gasteiger partial charge is 0.251 e. The first kappa shape index (κ1) is 17.9. The molecule has 0 heterocycles. The number of ether oxygens (including phenoxy) is 1. The molecule has 0 fully saturated rings. The van der Waals surface area contributed by atoms with Crippen molar-refractivity contribution in [3.8, 4) is 11.1 Å². The lowest BCUT2D eigenvalue weighted by Crippen LogP contribution is -2.26. The minimum Gasteiger partial charge on any atom is -0.380 e. The van der Waals surface area contributed by atoms with Gasteiger partial charge in [0.05, 0.1) is 12.6 Å². The summed E-state index contributed by atoms with van der Waals surface area (Å²) in [5, 5.41) is 3.05. The molecule has 0 aliphatic carbocycles. The van der Waals surface area contributed by atoms with Gasteiger partial charge in [-0.15, -0.1) is 0 Å². The van der Waals surface area contributed by atoms with Gasteiger partial charge in [0.15, 0.2) is 0 Å². The first-order valence-corrected chi connectivity index (χ1v) is 8.71. The van der Waals surface area contributed by atoms with Crippen LogP contribution in [0.25, 0.3) is 11.1 Å². The monoisotopic (exact) mass is 345 g/mol. The van der Waals surface area contributed by atoms with Crippen LogP contribution in [0.5, 0.6) is 0 Å². The van der Waals surface area contributed by atoms with Gasteiger partial charge in [-0.2, -0.15) is 0 Å². The summed E-state index contributed by atoms with van der Waals surface area (Å²) in [5.74, 6) is -0.0754. The van der Waals surface area contributed by atoms with Crippen LogP contribution in [-0.4, -0.2) is 13.0 Å². The maximum absolute atomic E-state index is 12.4. The topological polar surface area (TPSA) is 38.3 Å². The summed E-state index contributed by atoms with van der Waals surface area (Å²) < 4.78 is 5.09. The summed E-state index contributed by atoms with van der Waals surface area (Å²) in [6.45, 7) is 2.54. The number of benzene rings is 3.